The molecule has 96 valence electrons. The zero-order valence-corrected chi connectivity index (χ0v) is 11.3. The summed E-state index contributed by atoms with van der Waals surface area (Å²) in [4.78, 5) is 0. The first-order valence-electron chi connectivity index (χ1n) is 6.72. The minimum Gasteiger partial charge on any atom is -0.491 e. The van der Waals surface area contributed by atoms with E-state index in [2.05, 4.69) is 50.4 Å². The predicted molar refractivity (Wildman–Crippen MR) is 73.4 cm³/mol. The van der Waals surface area contributed by atoms with E-state index in [1.807, 2.05) is 0 Å². The fourth-order valence-corrected chi connectivity index (χ4v) is 1.54. The van der Waals surface area contributed by atoms with Gasteiger partial charge in [-0.2, -0.15) is 0 Å². The zero-order valence-electron chi connectivity index (χ0n) is 11.3. The molecule has 0 bridgehead atoms. The van der Waals surface area contributed by atoms with Crippen LogP contribution in [0.1, 0.15) is 45.6 Å². The second-order valence-electron chi connectivity index (χ2n) is 4.51. The fourth-order valence-electron chi connectivity index (χ4n) is 1.54. The van der Waals surface area contributed by atoms with Gasteiger partial charge in [-0.25, -0.2) is 0 Å². The Kier molecular flexibility index (Phi) is 6.71. The molecule has 0 heterocycles. The van der Waals surface area contributed by atoms with Gasteiger partial charge in [0.25, 0.3) is 0 Å². The molecule has 0 spiro atoms. The smallest absolute Gasteiger partial charge is 0.119 e. The van der Waals surface area contributed by atoms with E-state index in [0.29, 0.717) is 6.10 Å². The van der Waals surface area contributed by atoms with E-state index in [4.69, 9.17) is 4.74 Å². The molecule has 1 N–H and O–H groups in total. The summed E-state index contributed by atoms with van der Waals surface area (Å²) in [6, 6.07) is 8.39. The maximum Gasteiger partial charge on any atom is 0.119 e. The normalized spacial score (nSPS) is 12.4. The van der Waals surface area contributed by atoms with Crippen molar-refractivity contribution in [2.75, 3.05) is 6.54 Å². The summed E-state index contributed by atoms with van der Waals surface area (Å²) >= 11 is 0. The van der Waals surface area contributed by atoms with Crippen LogP contribution in [-0.2, 0) is 6.54 Å². The average molecular weight is 235 g/mol. The van der Waals surface area contributed by atoms with E-state index in [0.717, 1.165) is 25.3 Å². The number of rotatable bonds is 8. The molecule has 2 nitrogen and oxygen atoms in total. The Balaban J connectivity index is 2.34. The van der Waals surface area contributed by atoms with Gasteiger partial charge in [-0.1, -0.05) is 32.4 Å². The van der Waals surface area contributed by atoms with Gasteiger partial charge < -0.3 is 10.1 Å². The van der Waals surface area contributed by atoms with Crippen LogP contribution in [0.15, 0.2) is 24.3 Å². The minimum absolute atomic E-state index is 0.295. The summed E-state index contributed by atoms with van der Waals surface area (Å²) in [5.41, 5.74) is 1.32. The topological polar surface area (TPSA) is 21.3 Å². The maximum atomic E-state index is 5.74. The van der Waals surface area contributed by atoms with Crippen molar-refractivity contribution in [3.8, 4) is 5.75 Å². The lowest BCUT2D eigenvalue weighted by Gasteiger charge is -2.12. The van der Waals surface area contributed by atoms with Gasteiger partial charge in [-0.05, 0) is 44.0 Å². The first-order chi connectivity index (χ1) is 8.26. The van der Waals surface area contributed by atoms with Gasteiger partial charge in [0, 0.05) is 6.54 Å². The molecule has 0 amide bonds. The highest BCUT2D eigenvalue weighted by molar-refractivity contribution is 5.27. The van der Waals surface area contributed by atoms with Crippen molar-refractivity contribution >= 4 is 0 Å². The molecule has 1 rings (SSSR count). The molecule has 0 saturated heterocycles. The molecule has 1 aromatic rings. The molecule has 0 aliphatic carbocycles. The van der Waals surface area contributed by atoms with Gasteiger partial charge in [0.2, 0.25) is 0 Å². The highest BCUT2D eigenvalue weighted by Crippen LogP contribution is 2.14. The van der Waals surface area contributed by atoms with Crippen molar-refractivity contribution in [2.24, 2.45) is 0 Å². The third kappa shape index (κ3) is 5.73. The van der Waals surface area contributed by atoms with E-state index in [1.165, 1.54) is 18.4 Å². The van der Waals surface area contributed by atoms with Crippen molar-refractivity contribution in [3.05, 3.63) is 29.8 Å². The largest absolute Gasteiger partial charge is 0.491 e. The Morgan fingerprint density at radius 3 is 2.47 bits per heavy atom. The van der Waals surface area contributed by atoms with E-state index >= 15 is 0 Å². The number of benzene rings is 1. The highest BCUT2D eigenvalue weighted by Gasteiger charge is 2.00. The van der Waals surface area contributed by atoms with Crippen LogP contribution in [0.3, 0.4) is 0 Å². The molecule has 0 aliphatic heterocycles. The van der Waals surface area contributed by atoms with Crippen molar-refractivity contribution < 1.29 is 4.74 Å². The van der Waals surface area contributed by atoms with Gasteiger partial charge in [0.1, 0.15) is 5.75 Å². The van der Waals surface area contributed by atoms with Crippen LogP contribution >= 0.6 is 0 Å². The van der Waals surface area contributed by atoms with Crippen molar-refractivity contribution in [1.29, 1.82) is 0 Å². The van der Waals surface area contributed by atoms with Crippen LogP contribution < -0.4 is 10.1 Å². The van der Waals surface area contributed by atoms with Gasteiger partial charge in [0.15, 0.2) is 0 Å². The first kappa shape index (κ1) is 14.0. The third-order valence-electron chi connectivity index (χ3n) is 2.87. The highest BCUT2D eigenvalue weighted by atomic mass is 16.5. The number of unbranched alkanes of at least 4 members (excludes halogenated alkanes) is 1. The van der Waals surface area contributed by atoms with E-state index < -0.39 is 0 Å². The quantitative estimate of drug-likeness (QED) is 0.693. The molecule has 0 radical (unpaired) electrons. The first-order valence-corrected chi connectivity index (χ1v) is 6.72. The number of hydrogen-bond acceptors (Lipinski definition) is 2. The lowest BCUT2D eigenvalue weighted by Crippen LogP contribution is -2.14. The molecule has 17 heavy (non-hydrogen) atoms. The van der Waals surface area contributed by atoms with Crippen LogP contribution in [0.2, 0.25) is 0 Å². The second kappa shape index (κ2) is 8.13. The Bertz CT molecular complexity index is 294. The molecule has 2 heteroatoms. The SMILES string of the molecule is CCCCNCc1ccc(O[C@H](C)CC)cc1. The minimum atomic E-state index is 0.295. The molecule has 0 aromatic heterocycles. The second-order valence-corrected chi connectivity index (χ2v) is 4.51. The van der Waals surface area contributed by atoms with Gasteiger partial charge in [-0.15, -0.1) is 0 Å². The molecule has 1 aromatic carbocycles. The molecule has 0 saturated carbocycles. The Morgan fingerprint density at radius 1 is 1.18 bits per heavy atom. The van der Waals surface area contributed by atoms with Gasteiger partial charge in [0.05, 0.1) is 6.10 Å². The molecule has 0 unspecified atom stereocenters. The summed E-state index contributed by atoms with van der Waals surface area (Å²) < 4.78 is 5.74. The maximum absolute atomic E-state index is 5.74. The van der Waals surface area contributed by atoms with Crippen molar-refractivity contribution in [1.82, 2.24) is 5.32 Å². The average Bonchev–Trinajstić information content (AvgIpc) is 2.36. The molecular weight excluding hydrogens is 210 g/mol. The lowest BCUT2D eigenvalue weighted by atomic mass is 10.2. The third-order valence-corrected chi connectivity index (χ3v) is 2.87. The van der Waals surface area contributed by atoms with Crippen molar-refractivity contribution in [2.45, 2.75) is 52.7 Å². The Morgan fingerprint density at radius 2 is 1.88 bits per heavy atom. The lowest BCUT2D eigenvalue weighted by molar-refractivity contribution is 0.217. The Hall–Kier alpha value is -1.02. The summed E-state index contributed by atoms with van der Waals surface area (Å²) in [7, 11) is 0. The number of ether oxygens (including phenoxy) is 1. The standard InChI is InChI=1S/C15H25NO/c1-4-6-11-16-12-14-7-9-15(10-8-14)17-13(3)5-2/h7-10,13,16H,4-6,11-12H2,1-3H3/t13-/m1/s1. The molecule has 1 atom stereocenters. The summed E-state index contributed by atoms with van der Waals surface area (Å²) in [5.74, 6) is 0.969. The molecule has 0 aliphatic rings. The summed E-state index contributed by atoms with van der Waals surface area (Å²) in [6.07, 6.45) is 3.83. The Labute approximate surface area is 105 Å². The van der Waals surface area contributed by atoms with Crippen LogP contribution in [-0.4, -0.2) is 12.6 Å². The van der Waals surface area contributed by atoms with Gasteiger partial charge >= 0.3 is 0 Å². The van der Waals surface area contributed by atoms with Gasteiger partial charge in [-0.3, -0.25) is 0 Å². The summed E-state index contributed by atoms with van der Waals surface area (Å²) in [6.45, 7) is 8.49. The molecule has 0 fully saturated rings. The monoisotopic (exact) mass is 235 g/mol. The van der Waals surface area contributed by atoms with Crippen LogP contribution in [0.4, 0.5) is 0 Å². The van der Waals surface area contributed by atoms with Crippen molar-refractivity contribution in [3.63, 3.8) is 0 Å². The zero-order chi connectivity index (χ0) is 12.5. The fraction of sp³-hybridized carbons (Fsp3) is 0.600. The number of nitrogens with one attached hydrogen (secondary N) is 1. The van der Waals surface area contributed by atoms with Crippen LogP contribution in [0, 0.1) is 0 Å². The van der Waals surface area contributed by atoms with Crippen LogP contribution in [0.25, 0.3) is 0 Å². The van der Waals surface area contributed by atoms with E-state index in [-0.39, 0.29) is 0 Å². The predicted octanol–water partition coefficient (Wildman–Crippen LogP) is 3.75. The van der Waals surface area contributed by atoms with E-state index in [1.54, 1.807) is 0 Å². The van der Waals surface area contributed by atoms with E-state index in [9.17, 15) is 0 Å². The molecular formula is C15H25NO. The van der Waals surface area contributed by atoms with Crippen LogP contribution in [0.5, 0.6) is 5.75 Å². The summed E-state index contributed by atoms with van der Waals surface area (Å²) in [5, 5.41) is 3.43. The number of hydrogen-bond donors (Lipinski definition) is 1.